The van der Waals surface area contributed by atoms with Crippen LogP contribution in [-0.4, -0.2) is 12.0 Å². The standard InChI is InChI=1S/C15H16F2N2/c1-9-6-11(8-19-7-9)15(18-3)12-5-4-10(2)13(16)14(12)17/h4-8,15,18H,1-3H3. The SMILES string of the molecule is CNC(c1cncc(C)c1)c1ccc(C)c(F)c1F. The van der Waals surface area contributed by atoms with Gasteiger partial charge in [-0.2, -0.15) is 0 Å². The molecule has 2 rings (SSSR count). The lowest BCUT2D eigenvalue weighted by atomic mass is 9.97. The molecule has 0 bridgehead atoms. The maximum atomic E-state index is 14.1. The third-order valence-corrected chi connectivity index (χ3v) is 3.13. The number of halogens is 2. The van der Waals surface area contributed by atoms with E-state index in [0.717, 1.165) is 11.1 Å². The van der Waals surface area contributed by atoms with Crippen molar-refractivity contribution in [2.75, 3.05) is 7.05 Å². The number of hydrogen-bond acceptors (Lipinski definition) is 2. The molecule has 100 valence electrons. The summed E-state index contributed by atoms with van der Waals surface area (Å²) in [5.74, 6) is -1.60. The van der Waals surface area contributed by atoms with Gasteiger partial charge in [-0.3, -0.25) is 4.98 Å². The second-order valence-electron chi connectivity index (χ2n) is 4.62. The van der Waals surface area contributed by atoms with E-state index in [1.807, 2.05) is 13.0 Å². The van der Waals surface area contributed by atoms with Gasteiger partial charge in [0.15, 0.2) is 11.6 Å². The van der Waals surface area contributed by atoms with E-state index in [4.69, 9.17) is 0 Å². The number of rotatable bonds is 3. The van der Waals surface area contributed by atoms with Crippen LogP contribution in [0.25, 0.3) is 0 Å². The highest BCUT2D eigenvalue weighted by Crippen LogP contribution is 2.26. The average Bonchev–Trinajstić information content (AvgIpc) is 2.40. The predicted molar refractivity (Wildman–Crippen MR) is 71.0 cm³/mol. The summed E-state index contributed by atoms with van der Waals surface area (Å²) in [7, 11) is 1.71. The van der Waals surface area contributed by atoms with Crippen molar-refractivity contribution >= 4 is 0 Å². The van der Waals surface area contributed by atoms with E-state index in [1.54, 1.807) is 38.5 Å². The smallest absolute Gasteiger partial charge is 0.164 e. The van der Waals surface area contributed by atoms with Crippen molar-refractivity contribution in [3.05, 3.63) is 64.5 Å². The zero-order chi connectivity index (χ0) is 14.0. The lowest BCUT2D eigenvalue weighted by molar-refractivity contribution is 0.482. The molecule has 2 nitrogen and oxygen atoms in total. The van der Waals surface area contributed by atoms with Crippen LogP contribution >= 0.6 is 0 Å². The van der Waals surface area contributed by atoms with E-state index in [2.05, 4.69) is 10.3 Å². The minimum absolute atomic E-state index is 0.290. The molecule has 0 radical (unpaired) electrons. The molecule has 1 heterocycles. The fourth-order valence-electron chi connectivity index (χ4n) is 2.12. The maximum Gasteiger partial charge on any atom is 0.164 e. The predicted octanol–water partition coefficient (Wildman–Crippen LogP) is 3.29. The molecular weight excluding hydrogens is 246 g/mol. The van der Waals surface area contributed by atoms with Crippen molar-refractivity contribution in [2.24, 2.45) is 0 Å². The Kier molecular flexibility index (Phi) is 3.90. The van der Waals surface area contributed by atoms with Crippen molar-refractivity contribution in [3.63, 3.8) is 0 Å². The van der Waals surface area contributed by atoms with Gasteiger partial charge < -0.3 is 5.32 Å². The second kappa shape index (κ2) is 5.45. The monoisotopic (exact) mass is 262 g/mol. The minimum atomic E-state index is -0.805. The van der Waals surface area contributed by atoms with Crippen molar-refractivity contribution in [2.45, 2.75) is 19.9 Å². The molecule has 1 N–H and O–H groups in total. The number of aryl methyl sites for hydroxylation is 2. The van der Waals surface area contributed by atoms with Crippen molar-refractivity contribution in [3.8, 4) is 0 Å². The van der Waals surface area contributed by atoms with Gasteiger partial charge in [-0.05, 0) is 37.6 Å². The van der Waals surface area contributed by atoms with Crippen molar-refractivity contribution in [1.82, 2.24) is 10.3 Å². The van der Waals surface area contributed by atoms with Gasteiger partial charge in [0.05, 0.1) is 6.04 Å². The first-order valence-corrected chi connectivity index (χ1v) is 6.08. The van der Waals surface area contributed by atoms with Crippen LogP contribution < -0.4 is 5.32 Å². The topological polar surface area (TPSA) is 24.9 Å². The molecule has 2 aromatic rings. The first-order chi connectivity index (χ1) is 9.04. The number of hydrogen-bond donors (Lipinski definition) is 1. The molecule has 0 amide bonds. The number of pyridine rings is 1. The number of benzene rings is 1. The van der Waals surface area contributed by atoms with Gasteiger partial charge in [-0.25, -0.2) is 8.78 Å². The van der Waals surface area contributed by atoms with Crippen LogP contribution in [-0.2, 0) is 0 Å². The van der Waals surface area contributed by atoms with E-state index in [1.165, 1.54) is 0 Å². The average molecular weight is 262 g/mol. The zero-order valence-corrected chi connectivity index (χ0v) is 11.2. The van der Waals surface area contributed by atoms with Crippen LogP contribution in [0.1, 0.15) is 28.3 Å². The molecule has 0 spiro atoms. The number of nitrogens with zero attached hydrogens (tertiary/aromatic N) is 1. The van der Waals surface area contributed by atoms with Crippen LogP contribution in [0.15, 0.2) is 30.6 Å². The summed E-state index contributed by atoms with van der Waals surface area (Å²) in [6.45, 7) is 3.46. The highest BCUT2D eigenvalue weighted by molar-refractivity contribution is 5.35. The summed E-state index contributed by atoms with van der Waals surface area (Å²) >= 11 is 0. The van der Waals surface area contributed by atoms with E-state index < -0.39 is 17.7 Å². The van der Waals surface area contributed by atoms with E-state index >= 15 is 0 Å². The van der Waals surface area contributed by atoms with E-state index in [0.29, 0.717) is 5.56 Å². The van der Waals surface area contributed by atoms with Crippen molar-refractivity contribution in [1.29, 1.82) is 0 Å². The summed E-state index contributed by atoms with van der Waals surface area (Å²) in [5, 5.41) is 3.00. The Bertz CT molecular complexity index is 597. The molecular formula is C15H16F2N2. The second-order valence-corrected chi connectivity index (χ2v) is 4.62. The van der Waals surface area contributed by atoms with E-state index in [9.17, 15) is 8.78 Å². The van der Waals surface area contributed by atoms with Crippen LogP contribution in [0.3, 0.4) is 0 Å². The number of nitrogens with one attached hydrogen (secondary N) is 1. The van der Waals surface area contributed by atoms with Crippen LogP contribution in [0.4, 0.5) is 8.78 Å². The maximum absolute atomic E-state index is 14.1. The fraction of sp³-hybridized carbons (Fsp3) is 0.267. The molecule has 1 aromatic heterocycles. The Balaban J connectivity index is 2.51. The molecule has 0 aliphatic heterocycles. The summed E-state index contributed by atoms with van der Waals surface area (Å²) in [4.78, 5) is 4.09. The third kappa shape index (κ3) is 2.63. The first-order valence-electron chi connectivity index (χ1n) is 6.08. The van der Waals surface area contributed by atoms with Gasteiger partial charge in [-0.15, -0.1) is 0 Å². The van der Waals surface area contributed by atoms with Crippen molar-refractivity contribution < 1.29 is 8.78 Å². The molecule has 1 aromatic carbocycles. The Labute approximate surface area is 111 Å². The fourth-order valence-corrected chi connectivity index (χ4v) is 2.12. The molecule has 0 saturated carbocycles. The Morgan fingerprint density at radius 3 is 2.47 bits per heavy atom. The summed E-state index contributed by atoms with van der Waals surface area (Å²) in [5.41, 5.74) is 2.38. The Morgan fingerprint density at radius 1 is 1.11 bits per heavy atom. The first kappa shape index (κ1) is 13.6. The lowest BCUT2D eigenvalue weighted by Crippen LogP contribution is -2.20. The van der Waals surface area contributed by atoms with Gasteiger partial charge >= 0.3 is 0 Å². The molecule has 4 heteroatoms. The van der Waals surface area contributed by atoms with Gasteiger partial charge in [0.25, 0.3) is 0 Å². The number of aromatic nitrogens is 1. The summed E-state index contributed by atoms with van der Waals surface area (Å²) in [6, 6.07) is 4.69. The highest BCUT2D eigenvalue weighted by Gasteiger charge is 2.20. The van der Waals surface area contributed by atoms with E-state index in [-0.39, 0.29) is 5.56 Å². The molecule has 1 unspecified atom stereocenters. The lowest BCUT2D eigenvalue weighted by Gasteiger charge is -2.18. The van der Waals surface area contributed by atoms with Crippen LogP contribution in [0.5, 0.6) is 0 Å². The minimum Gasteiger partial charge on any atom is -0.309 e. The largest absolute Gasteiger partial charge is 0.309 e. The summed E-state index contributed by atoms with van der Waals surface area (Å²) in [6.07, 6.45) is 3.38. The zero-order valence-electron chi connectivity index (χ0n) is 11.2. The molecule has 0 saturated heterocycles. The van der Waals surface area contributed by atoms with Gasteiger partial charge in [0.2, 0.25) is 0 Å². The quantitative estimate of drug-likeness (QED) is 0.918. The molecule has 19 heavy (non-hydrogen) atoms. The summed E-state index contributed by atoms with van der Waals surface area (Å²) < 4.78 is 27.7. The normalized spacial score (nSPS) is 12.5. The van der Waals surface area contributed by atoms with Gasteiger partial charge in [0.1, 0.15) is 0 Å². The molecule has 0 fully saturated rings. The molecule has 0 aliphatic carbocycles. The Hall–Kier alpha value is -1.81. The van der Waals surface area contributed by atoms with Crippen LogP contribution in [0.2, 0.25) is 0 Å². The van der Waals surface area contributed by atoms with Crippen LogP contribution in [0, 0.1) is 25.5 Å². The van der Waals surface area contributed by atoms with Gasteiger partial charge in [-0.1, -0.05) is 18.2 Å². The molecule has 1 atom stereocenters. The van der Waals surface area contributed by atoms with Gasteiger partial charge in [0, 0.05) is 18.0 Å². The Morgan fingerprint density at radius 2 is 1.84 bits per heavy atom. The third-order valence-electron chi connectivity index (χ3n) is 3.13. The highest BCUT2D eigenvalue weighted by atomic mass is 19.2. The molecule has 0 aliphatic rings.